The van der Waals surface area contributed by atoms with Gasteiger partial charge in [-0.3, -0.25) is 10.1 Å². The monoisotopic (exact) mass is 328 g/mol. The van der Waals surface area contributed by atoms with Crippen molar-refractivity contribution in [3.8, 4) is 22.5 Å². The van der Waals surface area contributed by atoms with Crippen LogP contribution in [0.1, 0.15) is 5.56 Å². The number of nitrogens with one attached hydrogen (secondary N) is 1. The number of benzene rings is 1. The van der Waals surface area contributed by atoms with Crippen LogP contribution >= 0.6 is 15.9 Å². The molecule has 3 N–H and O–H groups in total. The number of aryl methyl sites for hydroxylation is 1. The summed E-state index contributed by atoms with van der Waals surface area (Å²) in [5, 5.41) is 7.13. The SMILES string of the molecule is Cc1cc(Br)cc(-c2[nH]nc(N)c2-c2ccccn2)c1. The number of H-pyrrole nitrogens is 1. The average Bonchev–Trinajstić information content (AvgIpc) is 2.80. The summed E-state index contributed by atoms with van der Waals surface area (Å²) in [5.74, 6) is 0.455. The Kier molecular flexibility index (Phi) is 3.28. The summed E-state index contributed by atoms with van der Waals surface area (Å²) in [4.78, 5) is 4.36. The van der Waals surface area contributed by atoms with E-state index in [1.807, 2.05) is 24.3 Å². The molecule has 0 fully saturated rings. The minimum atomic E-state index is 0.455. The van der Waals surface area contributed by atoms with Gasteiger partial charge in [-0.15, -0.1) is 0 Å². The highest BCUT2D eigenvalue weighted by atomic mass is 79.9. The fraction of sp³-hybridized carbons (Fsp3) is 0.0667. The van der Waals surface area contributed by atoms with Crippen LogP contribution in [0, 0.1) is 6.92 Å². The van der Waals surface area contributed by atoms with E-state index in [0.29, 0.717) is 5.82 Å². The highest BCUT2D eigenvalue weighted by Gasteiger charge is 2.16. The Bertz CT molecular complexity index is 730. The Balaban J connectivity index is 2.21. The van der Waals surface area contributed by atoms with E-state index in [9.17, 15) is 0 Å². The molecule has 0 unspecified atom stereocenters. The topological polar surface area (TPSA) is 67.6 Å². The molecule has 0 aliphatic carbocycles. The second kappa shape index (κ2) is 5.09. The zero-order chi connectivity index (χ0) is 14.1. The Morgan fingerprint density at radius 1 is 1.20 bits per heavy atom. The van der Waals surface area contributed by atoms with Gasteiger partial charge >= 0.3 is 0 Å². The first kappa shape index (κ1) is 12.9. The molecule has 0 saturated heterocycles. The maximum absolute atomic E-state index is 5.99. The van der Waals surface area contributed by atoms with Gasteiger partial charge < -0.3 is 5.73 Å². The second-order valence-electron chi connectivity index (χ2n) is 4.59. The molecule has 0 amide bonds. The first-order valence-corrected chi connectivity index (χ1v) is 6.97. The number of hydrogen-bond acceptors (Lipinski definition) is 3. The van der Waals surface area contributed by atoms with Gasteiger partial charge in [0.25, 0.3) is 0 Å². The average molecular weight is 329 g/mol. The normalized spacial score (nSPS) is 10.7. The number of aromatic amines is 1. The molecule has 5 heteroatoms. The van der Waals surface area contributed by atoms with Crippen molar-refractivity contribution in [3.05, 3.63) is 52.6 Å². The van der Waals surface area contributed by atoms with Crippen LogP contribution in [0.3, 0.4) is 0 Å². The van der Waals surface area contributed by atoms with Crippen molar-refractivity contribution in [2.75, 3.05) is 5.73 Å². The quantitative estimate of drug-likeness (QED) is 0.752. The maximum atomic E-state index is 5.99. The fourth-order valence-corrected chi connectivity index (χ4v) is 2.82. The van der Waals surface area contributed by atoms with Crippen LogP contribution in [0.15, 0.2) is 47.1 Å². The number of halogens is 1. The number of nitrogens with zero attached hydrogens (tertiary/aromatic N) is 2. The number of aromatic nitrogens is 3. The third-order valence-corrected chi connectivity index (χ3v) is 3.50. The van der Waals surface area contributed by atoms with Gasteiger partial charge in [-0.05, 0) is 42.8 Å². The molecule has 0 saturated carbocycles. The van der Waals surface area contributed by atoms with Gasteiger partial charge in [-0.25, -0.2) is 0 Å². The summed E-state index contributed by atoms with van der Waals surface area (Å²) in [5.41, 5.74) is 10.7. The Morgan fingerprint density at radius 3 is 2.75 bits per heavy atom. The molecule has 2 heterocycles. The third kappa shape index (κ3) is 2.32. The lowest BCUT2D eigenvalue weighted by molar-refractivity contribution is 1.10. The van der Waals surface area contributed by atoms with Crippen molar-refractivity contribution < 1.29 is 0 Å². The van der Waals surface area contributed by atoms with Crippen LogP contribution in [0.5, 0.6) is 0 Å². The van der Waals surface area contributed by atoms with Crippen LogP contribution in [0.4, 0.5) is 5.82 Å². The van der Waals surface area contributed by atoms with E-state index < -0.39 is 0 Å². The van der Waals surface area contributed by atoms with Gasteiger partial charge in [0.05, 0.1) is 17.0 Å². The van der Waals surface area contributed by atoms with Crippen molar-refractivity contribution in [1.29, 1.82) is 0 Å². The molecule has 3 rings (SSSR count). The lowest BCUT2D eigenvalue weighted by Crippen LogP contribution is -1.91. The van der Waals surface area contributed by atoms with Gasteiger partial charge in [0.15, 0.2) is 5.82 Å². The predicted molar refractivity (Wildman–Crippen MR) is 84.1 cm³/mol. The molecular weight excluding hydrogens is 316 g/mol. The van der Waals surface area contributed by atoms with E-state index in [0.717, 1.165) is 32.6 Å². The molecule has 0 aliphatic heterocycles. The van der Waals surface area contributed by atoms with Crippen molar-refractivity contribution in [2.24, 2.45) is 0 Å². The van der Waals surface area contributed by atoms with E-state index in [1.54, 1.807) is 6.20 Å². The molecule has 0 aliphatic rings. The van der Waals surface area contributed by atoms with Crippen molar-refractivity contribution in [1.82, 2.24) is 15.2 Å². The molecule has 1 aromatic carbocycles. The molecule has 100 valence electrons. The van der Waals surface area contributed by atoms with Crippen LogP contribution in [-0.4, -0.2) is 15.2 Å². The number of rotatable bonds is 2. The minimum absolute atomic E-state index is 0.455. The number of anilines is 1. The second-order valence-corrected chi connectivity index (χ2v) is 5.51. The van der Waals surface area contributed by atoms with E-state index >= 15 is 0 Å². The van der Waals surface area contributed by atoms with Crippen LogP contribution in [0.2, 0.25) is 0 Å². The van der Waals surface area contributed by atoms with Gasteiger partial charge in [0.1, 0.15) is 0 Å². The fourth-order valence-electron chi connectivity index (χ4n) is 2.22. The Labute approximate surface area is 125 Å². The summed E-state index contributed by atoms with van der Waals surface area (Å²) < 4.78 is 1.02. The summed E-state index contributed by atoms with van der Waals surface area (Å²) in [7, 11) is 0. The van der Waals surface area contributed by atoms with Crippen molar-refractivity contribution >= 4 is 21.7 Å². The molecule has 20 heavy (non-hydrogen) atoms. The van der Waals surface area contributed by atoms with Gasteiger partial charge in [-0.2, -0.15) is 5.10 Å². The summed E-state index contributed by atoms with van der Waals surface area (Å²) in [6, 6.07) is 11.9. The van der Waals surface area contributed by atoms with Crippen LogP contribution in [0.25, 0.3) is 22.5 Å². The van der Waals surface area contributed by atoms with Crippen LogP contribution < -0.4 is 5.73 Å². The lowest BCUT2D eigenvalue weighted by atomic mass is 10.0. The number of nitrogens with two attached hydrogens (primary N) is 1. The molecule has 2 aromatic heterocycles. The predicted octanol–water partition coefficient (Wildman–Crippen LogP) is 3.79. The standard InChI is InChI=1S/C15H13BrN4/c1-9-6-10(8-11(16)7-9)14-13(15(17)20-19-14)12-4-2-3-5-18-12/h2-8H,1H3,(H3,17,19,20). The highest BCUT2D eigenvalue weighted by Crippen LogP contribution is 2.34. The molecule has 0 bridgehead atoms. The first-order chi connectivity index (χ1) is 9.65. The third-order valence-electron chi connectivity index (χ3n) is 3.05. The van der Waals surface area contributed by atoms with Crippen molar-refractivity contribution in [3.63, 3.8) is 0 Å². The first-order valence-electron chi connectivity index (χ1n) is 6.18. The smallest absolute Gasteiger partial charge is 0.155 e. The minimum Gasteiger partial charge on any atom is -0.382 e. The summed E-state index contributed by atoms with van der Waals surface area (Å²) >= 11 is 3.52. The zero-order valence-corrected chi connectivity index (χ0v) is 12.5. The zero-order valence-electron chi connectivity index (χ0n) is 10.9. The van der Waals surface area contributed by atoms with E-state index in [4.69, 9.17) is 5.73 Å². The molecular formula is C15H13BrN4. The number of hydrogen-bond donors (Lipinski definition) is 2. The maximum Gasteiger partial charge on any atom is 0.155 e. The van der Waals surface area contributed by atoms with E-state index in [-0.39, 0.29) is 0 Å². The van der Waals surface area contributed by atoms with Gasteiger partial charge in [0.2, 0.25) is 0 Å². The van der Waals surface area contributed by atoms with Gasteiger partial charge in [0, 0.05) is 16.2 Å². The summed E-state index contributed by atoms with van der Waals surface area (Å²) in [6.07, 6.45) is 1.75. The Hall–Kier alpha value is -2.14. The molecule has 0 atom stereocenters. The number of pyridine rings is 1. The highest BCUT2D eigenvalue weighted by molar-refractivity contribution is 9.10. The molecule has 0 radical (unpaired) electrons. The van der Waals surface area contributed by atoms with E-state index in [2.05, 4.69) is 50.2 Å². The van der Waals surface area contributed by atoms with Crippen molar-refractivity contribution in [2.45, 2.75) is 6.92 Å². The van der Waals surface area contributed by atoms with Gasteiger partial charge in [-0.1, -0.05) is 22.0 Å². The largest absolute Gasteiger partial charge is 0.382 e. The van der Waals surface area contributed by atoms with E-state index in [1.165, 1.54) is 0 Å². The molecule has 0 spiro atoms. The Morgan fingerprint density at radius 2 is 2.05 bits per heavy atom. The van der Waals surface area contributed by atoms with Crippen LogP contribution in [-0.2, 0) is 0 Å². The summed E-state index contributed by atoms with van der Waals surface area (Å²) in [6.45, 7) is 2.05. The lowest BCUT2D eigenvalue weighted by Gasteiger charge is -2.06. The molecule has 3 aromatic rings. The number of nitrogen functional groups attached to an aromatic ring is 1. The molecule has 4 nitrogen and oxygen atoms in total.